The highest BCUT2D eigenvalue weighted by Gasteiger charge is 2.13. The van der Waals surface area contributed by atoms with E-state index in [0.717, 1.165) is 19.3 Å². The van der Waals surface area contributed by atoms with Crippen molar-refractivity contribution in [1.29, 1.82) is 0 Å². The van der Waals surface area contributed by atoms with Crippen LogP contribution >= 0.6 is 23.4 Å². The number of hydrogen-bond donors (Lipinski definition) is 1. The predicted molar refractivity (Wildman–Crippen MR) is 88.0 cm³/mol. The van der Waals surface area contributed by atoms with Gasteiger partial charge in [0, 0.05) is 6.54 Å². The lowest BCUT2D eigenvalue weighted by molar-refractivity contribution is -0.118. The highest BCUT2D eigenvalue weighted by molar-refractivity contribution is 7.99. The molecule has 1 N–H and O–H groups in total. The highest BCUT2D eigenvalue weighted by Crippen LogP contribution is 2.28. The van der Waals surface area contributed by atoms with Crippen LogP contribution in [0.3, 0.4) is 0 Å². The normalized spacial score (nSPS) is 10.6. The molecule has 0 spiro atoms. The van der Waals surface area contributed by atoms with Crippen molar-refractivity contribution >= 4 is 29.3 Å². The average Bonchev–Trinajstić information content (AvgIpc) is 2.99. The molecule has 0 aliphatic rings. The second kappa shape index (κ2) is 8.80. The van der Waals surface area contributed by atoms with Gasteiger partial charge in [0.15, 0.2) is 0 Å². The van der Waals surface area contributed by atoms with Crippen molar-refractivity contribution in [3.63, 3.8) is 0 Å². The van der Waals surface area contributed by atoms with Crippen LogP contribution in [-0.2, 0) is 4.79 Å². The van der Waals surface area contributed by atoms with Gasteiger partial charge >= 0.3 is 0 Å². The second-order valence-corrected chi connectivity index (χ2v) is 6.03. The third-order valence-corrected chi connectivity index (χ3v) is 4.09. The third kappa shape index (κ3) is 5.03. The summed E-state index contributed by atoms with van der Waals surface area (Å²) in [7, 11) is 0. The molecule has 0 aliphatic carbocycles. The fourth-order valence-electron chi connectivity index (χ4n) is 1.79. The van der Waals surface area contributed by atoms with Crippen molar-refractivity contribution < 1.29 is 9.21 Å². The number of hydrogen-bond acceptors (Lipinski definition) is 5. The molecule has 5 nitrogen and oxygen atoms in total. The number of halogens is 1. The van der Waals surface area contributed by atoms with Gasteiger partial charge in [-0.25, -0.2) is 0 Å². The first-order chi connectivity index (χ1) is 10.7. The summed E-state index contributed by atoms with van der Waals surface area (Å²) in [6.45, 7) is 2.84. The van der Waals surface area contributed by atoms with E-state index in [-0.39, 0.29) is 11.7 Å². The van der Waals surface area contributed by atoms with Crippen molar-refractivity contribution in [2.24, 2.45) is 0 Å². The standard InChI is InChI=1S/C15H18ClN3O2S/c1-2-3-6-9-17-13(20)10-22-15-19-18-14(21-15)11-7-4-5-8-12(11)16/h4-5,7-8H,2-3,6,9-10H2,1H3,(H,17,20). The average molecular weight is 340 g/mol. The third-order valence-electron chi connectivity index (χ3n) is 2.94. The number of thioether (sulfide) groups is 1. The van der Waals surface area contributed by atoms with Gasteiger partial charge in [-0.1, -0.05) is 55.3 Å². The summed E-state index contributed by atoms with van der Waals surface area (Å²) in [5.74, 6) is 0.589. The maximum absolute atomic E-state index is 11.7. The molecule has 0 saturated heterocycles. The molecule has 2 rings (SSSR count). The zero-order chi connectivity index (χ0) is 15.8. The molecule has 0 aliphatic heterocycles. The first kappa shape index (κ1) is 16.8. The predicted octanol–water partition coefficient (Wildman–Crippen LogP) is 3.79. The number of benzene rings is 1. The van der Waals surface area contributed by atoms with Crippen LogP contribution in [-0.4, -0.2) is 28.4 Å². The molecule has 2 aromatic rings. The van der Waals surface area contributed by atoms with E-state index in [9.17, 15) is 4.79 Å². The van der Waals surface area contributed by atoms with Crippen LogP contribution in [0.25, 0.3) is 11.5 Å². The van der Waals surface area contributed by atoms with E-state index in [4.69, 9.17) is 16.0 Å². The molecule has 118 valence electrons. The van der Waals surface area contributed by atoms with Crippen LogP contribution in [0.5, 0.6) is 0 Å². The van der Waals surface area contributed by atoms with Crippen molar-refractivity contribution in [2.75, 3.05) is 12.3 Å². The molecule has 22 heavy (non-hydrogen) atoms. The molecular weight excluding hydrogens is 322 g/mol. The second-order valence-electron chi connectivity index (χ2n) is 4.70. The van der Waals surface area contributed by atoms with Crippen LogP contribution < -0.4 is 5.32 Å². The zero-order valence-corrected chi connectivity index (χ0v) is 13.9. The molecular formula is C15H18ClN3O2S. The minimum atomic E-state index is -0.0291. The van der Waals surface area contributed by atoms with Gasteiger partial charge in [0.25, 0.3) is 5.22 Å². The summed E-state index contributed by atoms with van der Waals surface area (Å²) in [5, 5.41) is 11.7. The van der Waals surface area contributed by atoms with Gasteiger partial charge in [-0.05, 0) is 18.6 Å². The zero-order valence-electron chi connectivity index (χ0n) is 12.3. The van der Waals surface area contributed by atoms with Gasteiger partial charge in [0.2, 0.25) is 11.8 Å². The summed E-state index contributed by atoms with van der Waals surface area (Å²) in [6.07, 6.45) is 3.26. The number of aromatic nitrogens is 2. The summed E-state index contributed by atoms with van der Waals surface area (Å²) in [5.41, 5.74) is 0.688. The van der Waals surface area contributed by atoms with Gasteiger partial charge in [-0.2, -0.15) is 0 Å². The Balaban J connectivity index is 1.83. The summed E-state index contributed by atoms with van der Waals surface area (Å²) in [4.78, 5) is 11.7. The number of carbonyl (C=O) groups excluding carboxylic acids is 1. The van der Waals surface area contributed by atoms with Crippen LogP contribution in [0.2, 0.25) is 5.02 Å². The minimum absolute atomic E-state index is 0.0291. The van der Waals surface area contributed by atoms with E-state index in [0.29, 0.717) is 28.2 Å². The smallest absolute Gasteiger partial charge is 0.277 e. The van der Waals surface area contributed by atoms with Crippen molar-refractivity contribution in [3.8, 4) is 11.5 Å². The number of nitrogens with one attached hydrogen (secondary N) is 1. The van der Waals surface area contributed by atoms with E-state index in [2.05, 4.69) is 22.4 Å². The Bertz CT molecular complexity index is 618. The summed E-state index contributed by atoms with van der Waals surface area (Å²) < 4.78 is 5.52. The topological polar surface area (TPSA) is 68.0 Å². The molecule has 0 bridgehead atoms. The highest BCUT2D eigenvalue weighted by atomic mass is 35.5. The summed E-state index contributed by atoms with van der Waals surface area (Å²) >= 11 is 7.30. The van der Waals surface area contributed by atoms with E-state index in [1.54, 1.807) is 6.07 Å². The molecule has 1 heterocycles. The van der Waals surface area contributed by atoms with E-state index in [1.807, 2.05) is 18.2 Å². The monoisotopic (exact) mass is 339 g/mol. The molecule has 1 aromatic heterocycles. The van der Waals surface area contributed by atoms with Crippen LogP contribution in [0.1, 0.15) is 26.2 Å². The Morgan fingerprint density at radius 1 is 1.32 bits per heavy atom. The Morgan fingerprint density at radius 3 is 2.91 bits per heavy atom. The Labute approximate surface area is 138 Å². The Kier molecular flexibility index (Phi) is 6.74. The van der Waals surface area contributed by atoms with Crippen molar-refractivity contribution in [2.45, 2.75) is 31.4 Å². The van der Waals surface area contributed by atoms with E-state index in [1.165, 1.54) is 11.8 Å². The molecule has 0 radical (unpaired) electrons. The number of amides is 1. The summed E-state index contributed by atoms with van der Waals surface area (Å²) in [6, 6.07) is 7.26. The number of nitrogens with zero attached hydrogens (tertiary/aromatic N) is 2. The lowest BCUT2D eigenvalue weighted by atomic mass is 10.2. The lowest BCUT2D eigenvalue weighted by Gasteiger charge is -2.02. The molecule has 0 atom stereocenters. The van der Waals surface area contributed by atoms with Crippen molar-refractivity contribution in [3.05, 3.63) is 29.3 Å². The number of unbranched alkanes of at least 4 members (excludes halogenated alkanes) is 2. The van der Waals surface area contributed by atoms with Crippen LogP contribution in [0.15, 0.2) is 33.9 Å². The minimum Gasteiger partial charge on any atom is -0.411 e. The fraction of sp³-hybridized carbons (Fsp3) is 0.400. The first-order valence-corrected chi connectivity index (χ1v) is 8.55. The van der Waals surface area contributed by atoms with Gasteiger partial charge in [-0.15, -0.1) is 10.2 Å². The lowest BCUT2D eigenvalue weighted by Crippen LogP contribution is -2.26. The quantitative estimate of drug-likeness (QED) is 0.585. The van der Waals surface area contributed by atoms with E-state index < -0.39 is 0 Å². The fourth-order valence-corrected chi connectivity index (χ4v) is 2.60. The first-order valence-electron chi connectivity index (χ1n) is 7.18. The van der Waals surface area contributed by atoms with Gasteiger partial charge in [0.05, 0.1) is 16.3 Å². The molecule has 1 aromatic carbocycles. The van der Waals surface area contributed by atoms with Crippen LogP contribution in [0, 0.1) is 0 Å². The van der Waals surface area contributed by atoms with Gasteiger partial charge < -0.3 is 9.73 Å². The van der Waals surface area contributed by atoms with Crippen molar-refractivity contribution in [1.82, 2.24) is 15.5 Å². The SMILES string of the molecule is CCCCCNC(=O)CSc1nnc(-c2ccccc2Cl)o1. The number of rotatable bonds is 8. The molecule has 1 amide bonds. The molecule has 0 saturated carbocycles. The molecule has 0 fully saturated rings. The van der Waals surface area contributed by atoms with Gasteiger partial charge in [0.1, 0.15) is 0 Å². The number of carbonyl (C=O) groups is 1. The van der Waals surface area contributed by atoms with Crippen LogP contribution in [0.4, 0.5) is 0 Å². The maximum Gasteiger partial charge on any atom is 0.277 e. The molecule has 7 heteroatoms. The maximum atomic E-state index is 11.7. The van der Waals surface area contributed by atoms with E-state index >= 15 is 0 Å². The Hall–Kier alpha value is -1.53. The Morgan fingerprint density at radius 2 is 2.14 bits per heavy atom. The molecule has 0 unspecified atom stereocenters. The van der Waals surface area contributed by atoms with Gasteiger partial charge in [-0.3, -0.25) is 4.79 Å². The largest absolute Gasteiger partial charge is 0.411 e.